The van der Waals surface area contributed by atoms with Crippen LogP contribution in [0.1, 0.15) is 81.3 Å². The lowest BCUT2D eigenvalue weighted by Gasteiger charge is -2.35. The monoisotopic (exact) mass is 433 g/mol. The fraction of sp³-hybridized carbons (Fsp3) is 0.667. The van der Waals surface area contributed by atoms with Crippen molar-refractivity contribution in [2.45, 2.75) is 72.8 Å². The molecule has 0 saturated heterocycles. The number of anilines is 1. The molecule has 0 radical (unpaired) electrons. The number of thiophene rings is 1. The summed E-state index contributed by atoms with van der Waals surface area (Å²) in [6.45, 7) is 10.6. The molecule has 2 rings (SSSR count). The summed E-state index contributed by atoms with van der Waals surface area (Å²) in [5.41, 5.74) is 0.266. The third kappa shape index (κ3) is 6.33. The molecule has 5 nitrogen and oxygen atoms in total. The molecule has 0 spiro atoms. The smallest absolute Gasteiger partial charge is 0.348 e. The molecule has 1 heterocycles. The highest BCUT2D eigenvalue weighted by Crippen LogP contribution is 2.36. The van der Waals surface area contributed by atoms with Gasteiger partial charge in [0.25, 0.3) is 0 Å². The van der Waals surface area contributed by atoms with Crippen molar-refractivity contribution in [3.63, 3.8) is 0 Å². The molecular formula is C24H35NO4S. The van der Waals surface area contributed by atoms with Gasteiger partial charge in [-0.1, -0.05) is 25.7 Å². The van der Waals surface area contributed by atoms with E-state index in [1.165, 1.54) is 0 Å². The van der Waals surface area contributed by atoms with Crippen LogP contribution in [-0.4, -0.2) is 36.7 Å². The van der Waals surface area contributed by atoms with E-state index in [1.54, 1.807) is 18.1 Å². The van der Waals surface area contributed by atoms with Gasteiger partial charge in [-0.3, -0.25) is 4.79 Å². The van der Waals surface area contributed by atoms with Crippen molar-refractivity contribution >= 4 is 28.9 Å². The number of rotatable bonds is 7. The Morgan fingerprint density at radius 3 is 2.43 bits per heavy atom. The molecule has 6 heteroatoms. The average Bonchev–Trinajstić information content (AvgIpc) is 3.10. The van der Waals surface area contributed by atoms with Crippen molar-refractivity contribution in [1.29, 1.82) is 0 Å². The van der Waals surface area contributed by atoms with Gasteiger partial charge >= 0.3 is 5.97 Å². The van der Waals surface area contributed by atoms with E-state index in [9.17, 15) is 14.7 Å². The number of carboxylic acids is 1. The quantitative estimate of drug-likeness (QED) is 0.582. The molecule has 1 amide bonds. The van der Waals surface area contributed by atoms with Crippen LogP contribution in [0, 0.1) is 29.1 Å². The minimum absolute atomic E-state index is 0.0152. The number of ether oxygens (including phenoxy) is 1. The van der Waals surface area contributed by atoms with E-state index in [-0.39, 0.29) is 28.2 Å². The van der Waals surface area contributed by atoms with E-state index >= 15 is 0 Å². The minimum Gasteiger partial charge on any atom is -0.477 e. The molecule has 0 aromatic carbocycles. The molecule has 1 fully saturated rings. The van der Waals surface area contributed by atoms with Crippen LogP contribution in [0.2, 0.25) is 0 Å². The van der Waals surface area contributed by atoms with Gasteiger partial charge in [-0.15, -0.1) is 11.3 Å². The zero-order valence-electron chi connectivity index (χ0n) is 19.1. The largest absolute Gasteiger partial charge is 0.477 e. The maximum Gasteiger partial charge on any atom is 0.348 e. The molecule has 0 bridgehead atoms. The first kappa shape index (κ1) is 24.4. The highest BCUT2D eigenvalue weighted by Gasteiger charge is 2.35. The molecule has 1 aromatic heterocycles. The van der Waals surface area contributed by atoms with Crippen LogP contribution in [0.5, 0.6) is 0 Å². The first-order valence-corrected chi connectivity index (χ1v) is 11.6. The summed E-state index contributed by atoms with van der Waals surface area (Å²) in [4.78, 5) is 28.2. The maximum atomic E-state index is 13.6. The Hall–Kier alpha value is -1.84. The number of amides is 1. The molecule has 166 valence electrons. The first-order chi connectivity index (χ1) is 14.1. The summed E-state index contributed by atoms with van der Waals surface area (Å²) in [5, 5.41) is 9.86. The van der Waals surface area contributed by atoms with Crippen molar-refractivity contribution in [3.8, 4) is 11.8 Å². The number of hydrogen-bond acceptors (Lipinski definition) is 4. The zero-order valence-corrected chi connectivity index (χ0v) is 19.9. The van der Waals surface area contributed by atoms with E-state index in [2.05, 4.69) is 18.8 Å². The van der Waals surface area contributed by atoms with Crippen molar-refractivity contribution in [2.24, 2.45) is 17.3 Å². The Kier molecular flexibility index (Phi) is 8.52. The normalized spacial score (nSPS) is 20.2. The Morgan fingerprint density at radius 1 is 1.30 bits per heavy atom. The van der Waals surface area contributed by atoms with Crippen LogP contribution >= 0.6 is 11.3 Å². The fourth-order valence-electron chi connectivity index (χ4n) is 3.79. The molecule has 1 aliphatic rings. The van der Waals surface area contributed by atoms with Gasteiger partial charge in [0, 0.05) is 18.4 Å². The Morgan fingerprint density at radius 2 is 1.93 bits per heavy atom. The van der Waals surface area contributed by atoms with Gasteiger partial charge < -0.3 is 14.7 Å². The lowest BCUT2D eigenvalue weighted by Crippen LogP contribution is -2.46. The predicted octanol–water partition coefficient (Wildman–Crippen LogP) is 5.43. The molecular weight excluding hydrogens is 398 g/mol. The van der Waals surface area contributed by atoms with Crippen molar-refractivity contribution in [3.05, 3.63) is 15.8 Å². The number of nitrogens with zero attached hydrogens (tertiary/aromatic N) is 1. The topological polar surface area (TPSA) is 66.8 Å². The second-order valence-electron chi connectivity index (χ2n) is 9.31. The summed E-state index contributed by atoms with van der Waals surface area (Å²) in [7, 11) is 1.61. The van der Waals surface area contributed by atoms with Crippen LogP contribution in [0.4, 0.5) is 5.69 Å². The summed E-state index contributed by atoms with van der Waals surface area (Å²) in [6.07, 6.45) is 4.44. The number of aromatic carboxylic acids is 1. The van der Waals surface area contributed by atoms with E-state index in [4.69, 9.17) is 4.74 Å². The van der Waals surface area contributed by atoms with Crippen LogP contribution in [-0.2, 0) is 9.53 Å². The molecule has 1 aromatic rings. The number of carboxylic acid groups (broad SMARTS) is 1. The maximum absolute atomic E-state index is 13.6. The van der Waals surface area contributed by atoms with Gasteiger partial charge in [-0.2, -0.15) is 0 Å². The van der Waals surface area contributed by atoms with Crippen molar-refractivity contribution < 1.29 is 19.4 Å². The first-order valence-electron chi connectivity index (χ1n) is 10.8. The average molecular weight is 434 g/mol. The Bertz CT molecular complexity index is 803. The van der Waals surface area contributed by atoms with Gasteiger partial charge in [0.1, 0.15) is 4.88 Å². The summed E-state index contributed by atoms with van der Waals surface area (Å²) in [5.74, 6) is 5.82. The van der Waals surface area contributed by atoms with Gasteiger partial charge in [0.15, 0.2) is 0 Å². The van der Waals surface area contributed by atoms with E-state index in [0.717, 1.165) is 37.0 Å². The van der Waals surface area contributed by atoms with Crippen molar-refractivity contribution in [2.75, 3.05) is 18.6 Å². The van der Waals surface area contributed by atoms with Crippen molar-refractivity contribution in [1.82, 2.24) is 0 Å². The van der Waals surface area contributed by atoms with E-state index in [0.29, 0.717) is 29.5 Å². The van der Waals surface area contributed by atoms with E-state index in [1.807, 2.05) is 27.7 Å². The molecule has 1 N–H and O–H groups in total. The van der Waals surface area contributed by atoms with Gasteiger partial charge in [0.05, 0.1) is 23.2 Å². The molecule has 1 saturated carbocycles. The van der Waals surface area contributed by atoms with Crippen LogP contribution < -0.4 is 4.90 Å². The van der Waals surface area contributed by atoms with Gasteiger partial charge in [-0.05, 0) is 64.9 Å². The highest BCUT2D eigenvalue weighted by atomic mass is 32.1. The van der Waals surface area contributed by atoms with E-state index < -0.39 is 5.97 Å². The second kappa shape index (κ2) is 10.5. The van der Waals surface area contributed by atoms with Crippen LogP contribution in [0.15, 0.2) is 6.07 Å². The third-order valence-corrected chi connectivity index (χ3v) is 6.55. The summed E-state index contributed by atoms with van der Waals surface area (Å²) >= 11 is 1.14. The molecule has 1 aliphatic carbocycles. The predicted molar refractivity (Wildman–Crippen MR) is 122 cm³/mol. The summed E-state index contributed by atoms with van der Waals surface area (Å²) in [6, 6.07) is 1.56. The molecule has 30 heavy (non-hydrogen) atoms. The summed E-state index contributed by atoms with van der Waals surface area (Å²) < 4.78 is 5.39. The molecule has 0 aliphatic heterocycles. The van der Waals surface area contributed by atoms with Crippen LogP contribution in [0.3, 0.4) is 0 Å². The molecule has 0 unspecified atom stereocenters. The Labute approximate surface area is 184 Å². The zero-order chi connectivity index (χ0) is 22.5. The number of carbonyl (C=O) groups excluding carboxylic acids is 1. The lowest BCUT2D eigenvalue weighted by molar-refractivity contribution is -0.124. The van der Waals surface area contributed by atoms with Crippen LogP contribution in [0.25, 0.3) is 0 Å². The lowest BCUT2D eigenvalue weighted by atomic mass is 9.82. The second-order valence-corrected chi connectivity index (χ2v) is 10.4. The number of methoxy groups -OCH3 is 1. The third-order valence-electron chi connectivity index (χ3n) is 5.52. The Balaban J connectivity index is 2.51. The van der Waals surface area contributed by atoms with Gasteiger partial charge in [-0.25, -0.2) is 4.79 Å². The fourth-order valence-corrected chi connectivity index (χ4v) is 4.63. The number of carbonyl (C=O) groups is 2. The SMILES string of the molecule is CC[C@H](COC)N(C(=O)C1CCC(C)CC1)c1cc(C#CC(C)(C)C)sc1C(=O)O. The number of hydrogen-bond donors (Lipinski definition) is 1. The highest BCUT2D eigenvalue weighted by molar-refractivity contribution is 7.15. The minimum atomic E-state index is -1.03. The van der Waals surface area contributed by atoms with Gasteiger partial charge in [0.2, 0.25) is 5.91 Å². The standard InChI is InChI=1S/C24H35NO4S/c1-7-18(15-29-6)25(22(26)17-10-8-16(2)9-11-17)20-14-19(12-13-24(3,4)5)30-21(20)23(27)28/h14,16-18H,7-11,15H2,1-6H3,(H,27,28)/t16?,17?,18-/m1/s1. The molecule has 1 atom stereocenters.